The van der Waals surface area contributed by atoms with E-state index in [9.17, 15) is 14.9 Å². The van der Waals surface area contributed by atoms with E-state index in [1.807, 2.05) is 0 Å². The summed E-state index contributed by atoms with van der Waals surface area (Å²) in [7, 11) is 0. The van der Waals surface area contributed by atoms with Gasteiger partial charge in [0.2, 0.25) is 5.91 Å². The fourth-order valence-electron chi connectivity index (χ4n) is 1.90. The molecule has 3 N–H and O–H groups in total. The molecule has 19 heavy (non-hydrogen) atoms. The van der Waals surface area contributed by atoms with Gasteiger partial charge in [-0.25, -0.2) is 0 Å². The highest BCUT2D eigenvalue weighted by atomic mass is 16.6. The Hall–Kier alpha value is -1.99. The summed E-state index contributed by atoms with van der Waals surface area (Å²) >= 11 is 0. The van der Waals surface area contributed by atoms with E-state index >= 15 is 0 Å². The van der Waals surface area contributed by atoms with Gasteiger partial charge in [0.25, 0.3) is 5.69 Å². The van der Waals surface area contributed by atoms with Crippen LogP contribution in [0.2, 0.25) is 0 Å². The molecule has 1 saturated heterocycles. The van der Waals surface area contributed by atoms with Crippen LogP contribution in [0.5, 0.6) is 0 Å². The van der Waals surface area contributed by atoms with Crippen molar-refractivity contribution in [1.82, 2.24) is 5.32 Å². The number of non-ortho nitro benzene ring substituents is 1. The number of amides is 1. The molecule has 0 bridgehead atoms. The molecule has 0 radical (unpaired) electrons. The van der Waals surface area contributed by atoms with Crippen LogP contribution in [0, 0.1) is 16.0 Å². The van der Waals surface area contributed by atoms with Crippen LogP contribution < -0.4 is 11.1 Å². The normalized spacial score (nSPS) is 22.2. The molecular formula is C12H15N3O4. The fraction of sp³-hybridized carbons (Fsp3) is 0.417. The molecule has 102 valence electrons. The van der Waals surface area contributed by atoms with Crippen molar-refractivity contribution in [3.63, 3.8) is 0 Å². The van der Waals surface area contributed by atoms with Crippen molar-refractivity contribution >= 4 is 11.6 Å². The average Bonchev–Trinajstić information content (AvgIpc) is 2.83. The number of nitrogens with two attached hydrogens (primary N) is 1. The summed E-state index contributed by atoms with van der Waals surface area (Å²) in [6, 6.07) is 5.78. The van der Waals surface area contributed by atoms with E-state index in [1.165, 1.54) is 12.1 Å². The largest absolute Gasteiger partial charge is 0.379 e. The van der Waals surface area contributed by atoms with E-state index in [2.05, 4.69) is 5.32 Å². The van der Waals surface area contributed by atoms with Gasteiger partial charge in [-0.1, -0.05) is 12.1 Å². The highest BCUT2D eigenvalue weighted by Crippen LogP contribution is 2.13. The molecule has 1 aliphatic heterocycles. The third-order valence-corrected chi connectivity index (χ3v) is 3.08. The summed E-state index contributed by atoms with van der Waals surface area (Å²) in [6.07, 6.45) is 0. The lowest BCUT2D eigenvalue weighted by molar-refractivity contribution is -0.384. The second-order valence-electron chi connectivity index (χ2n) is 4.45. The first kappa shape index (κ1) is 13.4. The van der Waals surface area contributed by atoms with Crippen molar-refractivity contribution in [3.8, 4) is 0 Å². The number of hydrogen-bond acceptors (Lipinski definition) is 5. The highest BCUT2D eigenvalue weighted by molar-refractivity contribution is 5.79. The Labute approximate surface area is 109 Å². The minimum atomic E-state index is -0.461. The summed E-state index contributed by atoms with van der Waals surface area (Å²) < 4.78 is 5.12. The maximum atomic E-state index is 11.8. The molecule has 0 saturated carbocycles. The Morgan fingerprint density at radius 1 is 1.42 bits per heavy atom. The van der Waals surface area contributed by atoms with Crippen LogP contribution in [-0.4, -0.2) is 30.1 Å². The number of benzene rings is 1. The van der Waals surface area contributed by atoms with Crippen molar-refractivity contribution in [3.05, 3.63) is 39.9 Å². The number of ether oxygens (including phenoxy) is 1. The van der Waals surface area contributed by atoms with E-state index in [4.69, 9.17) is 10.5 Å². The number of nitrogens with zero attached hydrogens (tertiary/aromatic N) is 1. The fourth-order valence-corrected chi connectivity index (χ4v) is 1.90. The minimum Gasteiger partial charge on any atom is -0.379 e. The molecule has 1 aromatic rings. The molecule has 0 aliphatic carbocycles. The Balaban J connectivity index is 1.88. The van der Waals surface area contributed by atoms with Gasteiger partial charge in [0.15, 0.2) is 0 Å². The first-order valence-corrected chi connectivity index (χ1v) is 5.92. The van der Waals surface area contributed by atoms with Gasteiger partial charge in [-0.15, -0.1) is 0 Å². The number of nitro groups is 1. The zero-order chi connectivity index (χ0) is 13.8. The number of nitrogens with one attached hydrogen (secondary N) is 1. The van der Waals surface area contributed by atoms with E-state index in [-0.39, 0.29) is 23.6 Å². The van der Waals surface area contributed by atoms with Gasteiger partial charge < -0.3 is 15.8 Å². The average molecular weight is 265 g/mol. The number of nitro benzene ring substituents is 1. The summed E-state index contributed by atoms with van der Waals surface area (Å²) in [5.74, 6) is -0.471. The number of hydrogen-bond donors (Lipinski definition) is 2. The highest BCUT2D eigenvalue weighted by Gasteiger charge is 2.30. The molecule has 2 unspecified atom stereocenters. The number of rotatable bonds is 4. The lowest BCUT2D eigenvalue weighted by Crippen LogP contribution is -2.40. The minimum absolute atomic E-state index is 0.0290. The Morgan fingerprint density at radius 3 is 2.63 bits per heavy atom. The van der Waals surface area contributed by atoms with Crippen molar-refractivity contribution in [2.75, 3.05) is 13.2 Å². The summed E-state index contributed by atoms with van der Waals surface area (Å²) in [6.45, 7) is 1.06. The van der Waals surface area contributed by atoms with Crippen LogP contribution >= 0.6 is 0 Å². The summed E-state index contributed by atoms with van der Waals surface area (Å²) in [5, 5.41) is 13.2. The molecule has 0 spiro atoms. The second-order valence-corrected chi connectivity index (χ2v) is 4.45. The monoisotopic (exact) mass is 265 g/mol. The van der Waals surface area contributed by atoms with E-state index in [0.29, 0.717) is 19.8 Å². The van der Waals surface area contributed by atoms with E-state index in [0.717, 1.165) is 5.56 Å². The van der Waals surface area contributed by atoms with Crippen LogP contribution in [0.1, 0.15) is 5.56 Å². The van der Waals surface area contributed by atoms with Crippen molar-refractivity contribution in [2.24, 2.45) is 11.7 Å². The maximum absolute atomic E-state index is 11.8. The molecule has 7 nitrogen and oxygen atoms in total. The molecule has 1 aliphatic rings. The van der Waals surface area contributed by atoms with Gasteiger partial charge in [0.1, 0.15) is 0 Å². The molecular weight excluding hydrogens is 250 g/mol. The third kappa shape index (κ3) is 3.27. The summed E-state index contributed by atoms with van der Waals surface area (Å²) in [5.41, 5.74) is 6.57. The lowest BCUT2D eigenvalue weighted by Gasteiger charge is -2.13. The lowest BCUT2D eigenvalue weighted by atomic mass is 10.0. The zero-order valence-corrected chi connectivity index (χ0v) is 10.2. The van der Waals surface area contributed by atoms with Crippen molar-refractivity contribution in [2.45, 2.75) is 12.6 Å². The van der Waals surface area contributed by atoms with Crippen LogP contribution in [0.4, 0.5) is 5.69 Å². The molecule has 1 heterocycles. The predicted molar refractivity (Wildman–Crippen MR) is 67.2 cm³/mol. The molecule has 2 rings (SSSR count). The van der Waals surface area contributed by atoms with Crippen LogP contribution in [0.15, 0.2) is 24.3 Å². The molecule has 2 atom stereocenters. The van der Waals surface area contributed by atoms with Crippen molar-refractivity contribution < 1.29 is 14.5 Å². The van der Waals surface area contributed by atoms with Crippen molar-refractivity contribution in [1.29, 1.82) is 0 Å². The standard InChI is InChI=1S/C12H15N3O4/c13-11-7-19-6-10(11)12(16)14-5-8-1-3-9(4-2-8)15(17)18/h1-4,10-11H,5-7,13H2,(H,14,16). The first-order chi connectivity index (χ1) is 9.08. The molecule has 1 fully saturated rings. The molecule has 0 aromatic heterocycles. The summed E-state index contributed by atoms with van der Waals surface area (Å²) in [4.78, 5) is 21.9. The van der Waals surface area contributed by atoms with Gasteiger partial charge in [-0.05, 0) is 5.56 Å². The predicted octanol–water partition coefficient (Wildman–Crippen LogP) is 0.185. The Kier molecular flexibility index (Phi) is 4.08. The number of carbonyl (C=O) groups is 1. The zero-order valence-electron chi connectivity index (χ0n) is 10.2. The molecule has 1 aromatic carbocycles. The third-order valence-electron chi connectivity index (χ3n) is 3.08. The van der Waals surface area contributed by atoms with Crippen LogP contribution in [-0.2, 0) is 16.1 Å². The van der Waals surface area contributed by atoms with Crippen LogP contribution in [0.25, 0.3) is 0 Å². The van der Waals surface area contributed by atoms with Gasteiger partial charge >= 0.3 is 0 Å². The van der Waals surface area contributed by atoms with Gasteiger partial charge in [0.05, 0.1) is 24.1 Å². The van der Waals surface area contributed by atoms with Gasteiger partial charge in [-0.2, -0.15) is 0 Å². The van der Waals surface area contributed by atoms with Gasteiger partial charge in [0, 0.05) is 24.7 Å². The molecule has 7 heteroatoms. The maximum Gasteiger partial charge on any atom is 0.269 e. The smallest absolute Gasteiger partial charge is 0.269 e. The Morgan fingerprint density at radius 2 is 2.11 bits per heavy atom. The van der Waals surface area contributed by atoms with Crippen LogP contribution in [0.3, 0.4) is 0 Å². The Bertz CT molecular complexity index is 474. The van der Waals surface area contributed by atoms with Gasteiger partial charge in [-0.3, -0.25) is 14.9 Å². The van der Waals surface area contributed by atoms with E-state index in [1.54, 1.807) is 12.1 Å². The quantitative estimate of drug-likeness (QED) is 0.596. The molecule has 1 amide bonds. The first-order valence-electron chi connectivity index (χ1n) is 5.92. The topological polar surface area (TPSA) is 107 Å². The second kappa shape index (κ2) is 5.77. The number of carbonyl (C=O) groups excluding carboxylic acids is 1. The van der Waals surface area contributed by atoms with E-state index < -0.39 is 4.92 Å². The SMILES string of the molecule is NC1COCC1C(=O)NCc1ccc([N+](=O)[O-])cc1.